The Morgan fingerprint density at radius 3 is 2.35 bits per heavy atom. The first-order chi connectivity index (χ1) is 9.74. The molecule has 0 spiro atoms. The van der Waals surface area contributed by atoms with Crippen LogP contribution in [0.3, 0.4) is 0 Å². The van der Waals surface area contributed by atoms with Gasteiger partial charge in [0.25, 0.3) is 0 Å². The topological polar surface area (TPSA) is 44.5 Å². The molecule has 0 amide bonds. The lowest BCUT2D eigenvalue weighted by molar-refractivity contribution is 0.169. The number of hydrogen-bond donors (Lipinski definition) is 1. The van der Waals surface area contributed by atoms with E-state index >= 15 is 4.39 Å². The zero-order chi connectivity index (χ0) is 14.0. The normalized spacial score (nSPS) is 16.5. The van der Waals surface area contributed by atoms with E-state index in [1.54, 1.807) is 42.5 Å². The molecular weight excluding hydrogens is 257 g/mol. The molecule has 0 saturated carbocycles. The first-order valence-corrected chi connectivity index (χ1v) is 6.59. The molecule has 3 nitrogen and oxygen atoms in total. The fourth-order valence-electron chi connectivity index (χ4n) is 2.39. The third-order valence-corrected chi connectivity index (χ3v) is 3.51. The number of hydrogen-bond acceptors (Lipinski definition) is 3. The van der Waals surface area contributed by atoms with Crippen molar-refractivity contribution in [3.8, 4) is 11.5 Å². The molecule has 0 fully saturated rings. The van der Waals surface area contributed by atoms with E-state index in [9.17, 15) is 0 Å². The SMILES string of the molecule is NCC(F)(c1ccccc1)c1ccc2c(c1)OCCO2. The molecular formula is C16H16FNO2. The van der Waals surface area contributed by atoms with Crippen molar-refractivity contribution < 1.29 is 13.9 Å². The Labute approximate surface area is 117 Å². The molecule has 4 heteroatoms. The van der Waals surface area contributed by atoms with Crippen molar-refractivity contribution >= 4 is 0 Å². The Hall–Kier alpha value is -2.07. The van der Waals surface area contributed by atoms with Crippen molar-refractivity contribution in [1.29, 1.82) is 0 Å². The Morgan fingerprint density at radius 2 is 1.65 bits per heavy atom. The fourth-order valence-corrected chi connectivity index (χ4v) is 2.39. The lowest BCUT2D eigenvalue weighted by atomic mass is 9.88. The van der Waals surface area contributed by atoms with E-state index in [-0.39, 0.29) is 6.54 Å². The predicted octanol–water partition coefficient (Wildman–Crippen LogP) is 2.63. The summed E-state index contributed by atoms with van der Waals surface area (Å²) >= 11 is 0. The van der Waals surface area contributed by atoms with Gasteiger partial charge in [-0.05, 0) is 23.3 Å². The van der Waals surface area contributed by atoms with E-state index < -0.39 is 5.67 Å². The minimum atomic E-state index is -1.73. The molecule has 2 aromatic rings. The zero-order valence-electron chi connectivity index (χ0n) is 11.0. The predicted molar refractivity (Wildman–Crippen MR) is 74.8 cm³/mol. The summed E-state index contributed by atoms with van der Waals surface area (Å²) < 4.78 is 26.3. The smallest absolute Gasteiger partial charge is 0.173 e. The van der Waals surface area contributed by atoms with Gasteiger partial charge in [0.1, 0.15) is 13.2 Å². The summed E-state index contributed by atoms with van der Waals surface area (Å²) in [5.41, 5.74) is 5.00. The maximum Gasteiger partial charge on any atom is 0.173 e. The summed E-state index contributed by atoms with van der Waals surface area (Å²) in [5, 5.41) is 0. The minimum Gasteiger partial charge on any atom is -0.486 e. The van der Waals surface area contributed by atoms with Gasteiger partial charge in [0.15, 0.2) is 17.2 Å². The highest BCUT2D eigenvalue weighted by molar-refractivity contribution is 5.48. The number of nitrogens with two attached hydrogens (primary N) is 1. The second-order valence-electron chi connectivity index (χ2n) is 4.73. The third kappa shape index (κ3) is 2.12. The third-order valence-electron chi connectivity index (χ3n) is 3.51. The summed E-state index contributed by atoms with van der Waals surface area (Å²) in [4.78, 5) is 0. The van der Waals surface area contributed by atoms with Crippen molar-refractivity contribution in [3.05, 3.63) is 59.7 Å². The second-order valence-corrected chi connectivity index (χ2v) is 4.73. The van der Waals surface area contributed by atoms with E-state index in [4.69, 9.17) is 15.2 Å². The van der Waals surface area contributed by atoms with E-state index in [1.165, 1.54) is 0 Å². The highest BCUT2D eigenvalue weighted by Gasteiger charge is 2.33. The van der Waals surface area contributed by atoms with E-state index in [0.29, 0.717) is 35.8 Å². The van der Waals surface area contributed by atoms with Crippen LogP contribution in [-0.4, -0.2) is 19.8 Å². The van der Waals surface area contributed by atoms with Crippen LogP contribution in [0.25, 0.3) is 0 Å². The van der Waals surface area contributed by atoms with Gasteiger partial charge >= 0.3 is 0 Å². The van der Waals surface area contributed by atoms with Gasteiger partial charge in [0, 0.05) is 6.54 Å². The van der Waals surface area contributed by atoms with Crippen LogP contribution in [-0.2, 0) is 5.67 Å². The molecule has 1 aliphatic heterocycles. The van der Waals surface area contributed by atoms with Gasteiger partial charge in [-0.1, -0.05) is 36.4 Å². The fraction of sp³-hybridized carbons (Fsp3) is 0.250. The second kappa shape index (κ2) is 5.13. The van der Waals surface area contributed by atoms with Gasteiger partial charge in [0.2, 0.25) is 0 Å². The van der Waals surface area contributed by atoms with Crippen LogP contribution in [0, 0.1) is 0 Å². The van der Waals surface area contributed by atoms with Gasteiger partial charge in [-0.15, -0.1) is 0 Å². The number of ether oxygens (including phenoxy) is 2. The highest BCUT2D eigenvalue weighted by atomic mass is 19.1. The van der Waals surface area contributed by atoms with Crippen molar-refractivity contribution in [2.45, 2.75) is 5.67 Å². The molecule has 0 bridgehead atoms. The molecule has 104 valence electrons. The highest BCUT2D eigenvalue weighted by Crippen LogP contribution is 2.38. The van der Waals surface area contributed by atoms with Crippen molar-refractivity contribution in [2.24, 2.45) is 5.73 Å². The number of fused-ring (bicyclic) bond motifs is 1. The molecule has 1 aliphatic rings. The zero-order valence-corrected chi connectivity index (χ0v) is 11.0. The first-order valence-electron chi connectivity index (χ1n) is 6.59. The van der Waals surface area contributed by atoms with Gasteiger partial charge < -0.3 is 15.2 Å². The monoisotopic (exact) mass is 273 g/mol. The lowest BCUT2D eigenvalue weighted by Gasteiger charge is -2.27. The van der Waals surface area contributed by atoms with Gasteiger partial charge in [-0.25, -0.2) is 4.39 Å². The van der Waals surface area contributed by atoms with Crippen molar-refractivity contribution in [2.75, 3.05) is 19.8 Å². The average Bonchev–Trinajstić information content (AvgIpc) is 2.54. The first kappa shape index (κ1) is 12.9. The van der Waals surface area contributed by atoms with E-state index in [0.717, 1.165) is 0 Å². The molecule has 1 unspecified atom stereocenters. The molecule has 1 heterocycles. The van der Waals surface area contributed by atoms with Gasteiger partial charge in [0.05, 0.1) is 0 Å². The largest absolute Gasteiger partial charge is 0.486 e. The van der Waals surface area contributed by atoms with Gasteiger partial charge in [-0.3, -0.25) is 0 Å². The van der Waals surface area contributed by atoms with Crippen LogP contribution < -0.4 is 15.2 Å². The molecule has 1 atom stereocenters. The molecule has 2 aromatic carbocycles. The maximum absolute atomic E-state index is 15.3. The Bertz CT molecular complexity index is 603. The molecule has 2 N–H and O–H groups in total. The lowest BCUT2D eigenvalue weighted by Crippen LogP contribution is -2.31. The Morgan fingerprint density at radius 1 is 0.950 bits per heavy atom. The summed E-state index contributed by atoms with van der Waals surface area (Å²) in [5.74, 6) is 1.22. The molecule has 20 heavy (non-hydrogen) atoms. The number of halogens is 1. The van der Waals surface area contributed by atoms with E-state index in [2.05, 4.69) is 0 Å². The van der Waals surface area contributed by atoms with Crippen molar-refractivity contribution in [3.63, 3.8) is 0 Å². The minimum absolute atomic E-state index is 0.128. The maximum atomic E-state index is 15.3. The van der Waals surface area contributed by atoms with Crippen LogP contribution in [0.1, 0.15) is 11.1 Å². The van der Waals surface area contributed by atoms with Crippen LogP contribution in [0.2, 0.25) is 0 Å². The molecule has 0 aliphatic carbocycles. The van der Waals surface area contributed by atoms with Crippen LogP contribution in [0.4, 0.5) is 4.39 Å². The van der Waals surface area contributed by atoms with Crippen LogP contribution in [0.15, 0.2) is 48.5 Å². The number of alkyl halides is 1. The van der Waals surface area contributed by atoms with Crippen LogP contribution in [0.5, 0.6) is 11.5 Å². The summed E-state index contributed by atoms with van der Waals surface area (Å²) in [6.07, 6.45) is 0. The van der Waals surface area contributed by atoms with Crippen LogP contribution >= 0.6 is 0 Å². The Kier molecular flexibility index (Phi) is 3.32. The molecule has 0 saturated heterocycles. The van der Waals surface area contributed by atoms with E-state index in [1.807, 2.05) is 6.07 Å². The number of rotatable bonds is 3. The molecule has 3 rings (SSSR count). The molecule has 0 radical (unpaired) electrons. The number of benzene rings is 2. The Balaban J connectivity index is 2.05. The summed E-state index contributed by atoms with van der Waals surface area (Å²) in [6, 6.07) is 14.0. The average molecular weight is 273 g/mol. The summed E-state index contributed by atoms with van der Waals surface area (Å²) in [6.45, 7) is 0.864. The van der Waals surface area contributed by atoms with Crippen molar-refractivity contribution in [1.82, 2.24) is 0 Å². The van der Waals surface area contributed by atoms with Gasteiger partial charge in [-0.2, -0.15) is 0 Å². The standard InChI is InChI=1S/C16H16FNO2/c17-16(11-18,12-4-2-1-3-5-12)13-6-7-14-15(10-13)20-9-8-19-14/h1-7,10H,8-9,11,18H2. The quantitative estimate of drug-likeness (QED) is 0.935. The summed E-state index contributed by atoms with van der Waals surface area (Å²) in [7, 11) is 0. The molecule has 0 aromatic heterocycles.